The van der Waals surface area contributed by atoms with Gasteiger partial charge in [-0.1, -0.05) is 37.0 Å². The average Bonchev–Trinajstić information content (AvgIpc) is 1.94. The SMILES string of the molecule is CC(C)c1nnnc(Cl)c1Cl. The molecule has 0 spiro atoms. The number of nitrogens with zero attached hydrogens (tertiary/aromatic N) is 3. The number of hydrogen-bond donors (Lipinski definition) is 0. The van der Waals surface area contributed by atoms with Gasteiger partial charge in [0.05, 0.1) is 5.69 Å². The normalized spacial score (nSPS) is 10.6. The van der Waals surface area contributed by atoms with Crippen molar-refractivity contribution in [2.45, 2.75) is 19.8 Å². The molecule has 0 aliphatic heterocycles. The maximum atomic E-state index is 5.79. The third kappa shape index (κ3) is 1.79. The second-order valence-electron chi connectivity index (χ2n) is 2.43. The highest BCUT2D eigenvalue weighted by Gasteiger charge is 2.10. The zero-order valence-electron chi connectivity index (χ0n) is 6.17. The molecule has 3 nitrogen and oxygen atoms in total. The van der Waals surface area contributed by atoms with Crippen LogP contribution in [0.5, 0.6) is 0 Å². The summed E-state index contributed by atoms with van der Waals surface area (Å²) in [5.74, 6) is 0.218. The number of halogens is 2. The molecule has 0 unspecified atom stereocenters. The maximum Gasteiger partial charge on any atom is 0.173 e. The first-order chi connectivity index (χ1) is 5.13. The van der Waals surface area contributed by atoms with Gasteiger partial charge in [-0.25, -0.2) is 0 Å². The predicted octanol–water partition coefficient (Wildman–Crippen LogP) is 2.30. The molecule has 0 amide bonds. The Morgan fingerprint density at radius 3 is 2.27 bits per heavy atom. The summed E-state index contributed by atoms with van der Waals surface area (Å²) in [6.45, 7) is 3.93. The quantitative estimate of drug-likeness (QED) is 0.685. The second-order valence-corrected chi connectivity index (χ2v) is 3.17. The Morgan fingerprint density at radius 2 is 1.82 bits per heavy atom. The van der Waals surface area contributed by atoms with Crippen molar-refractivity contribution in [3.8, 4) is 0 Å². The lowest BCUT2D eigenvalue weighted by Gasteiger charge is -2.04. The first-order valence-corrected chi connectivity index (χ1v) is 3.92. The van der Waals surface area contributed by atoms with Crippen molar-refractivity contribution in [3.05, 3.63) is 15.9 Å². The van der Waals surface area contributed by atoms with E-state index in [0.29, 0.717) is 10.7 Å². The summed E-state index contributed by atoms with van der Waals surface area (Å²) < 4.78 is 0. The van der Waals surface area contributed by atoms with E-state index in [2.05, 4.69) is 15.4 Å². The Labute approximate surface area is 74.7 Å². The minimum Gasteiger partial charge on any atom is -0.133 e. The molecule has 5 heteroatoms. The molecule has 0 bridgehead atoms. The van der Waals surface area contributed by atoms with Gasteiger partial charge in [0.25, 0.3) is 0 Å². The molecule has 1 aromatic heterocycles. The van der Waals surface area contributed by atoms with Crippen LogP contribution in [-0.4, -0.2) is 15.4 Å². The van der Waals surface area contributed by atoms with Gasteiger partial charge < -0.3 is 0 Å². The van der Waals surface area contributed by atoms with Gasteiger partial charge >= 0.3 is 0 Å². The van der Waals surface area contributed by atoms with E-state index in [-0.39, 0.29) is 11.1 Å². The van der Waals surface area contributed by atoms with Crippen LogP contribution < -0.4 is 0 Å². The summed E-state index contributed by atoms with van der Waals surface area (Å²) in [6, 6.07) is 0. The highest BCUT2D eigenvalue weighted by molar-refractivity contribution is 6.41. The van der Waals surface area contributed by atoms with Gasteiger partial charge in [0.1, 0.15) is 5.02 Å². The van der Waals surface area contributed by atoms with Crippen LogP contribution in [0.15, 0.2) is 0 Å². The van der Waals surface area contributed by atoms with Crippen LogP contribution in [0.4, 0.5) is 0 Å². The van der Waals surface area contributed by atoms with E-state index < -0.39 is 0 Å². The van der Waals surface area contributed by atoms with Crippen molar-refractivity contribution in [2.75, 3.05) is 0 Å². The fraction of sp³-hybridized carbons (Fsp3) is 0.500. The molecule has 0 aliphatic rings. The standard InChI is InChI=1S/C6H7Cl2N3/c1-3(2)5-4(7)6(8)10-11-9-5/h3H,1-2H3. The number of aromatic nitrogens is 3. The van der Waals surface area contributed by atoms with Crippen molar-refractivity contribution in [3.63, 3.8) is 0 Å². The zero-order valence-corrected chi connectivity index (χ0v) is 7.69. The number of hydrogen-bond acceptors (Lipinski definition) is 3. The van der Waals surface area contributed by atoms with E-state index in [1.54, 1.807) is 0 Å². The fourth-order valence-electron chi connectivity index (χ4n) is 0.672. The molecular formula is C6H7Cl2N3. The van der Waals surface area contributed by atoms with Gasteiger partial charge in [-0.3, -0.25) is 0 Å². The molecule has 0 atom stereocenters. The predicted molar refractivity (Wildman–Crippen MR) is 43.9 cm³/mol. The molecule has 0 aromatic carbocycles. The Hall–Kier alpha value is -0.410. The van der Waals surface area contributed by atoms with Crippen molar-refractivity contribution in [2.24, 2.45) is 0 Å². The minimum atomic E-state index is 0.213. The van der Waals surface area contributed by atoms with Gasteiger partial charge in [-0.05, 0) is 11.1 Å². The monoisotopic (exact) mass is 191 g/mol. The van der Waals surface area contributed by atoms with Crippen LogP contribution in [0, 0.1) is 0 Å². The Morgan fingerprint density at radius 1 is 1.18 bits per heavy atom. The highest BCUT2D eigenvalue weighted by atomic mass is 35.5. The lowest BCUT2D eigenvalue weighted by molar-refractivity contribution is 0.742. The zero-order chi connectivity index (χ0) is 8.43. The molecule has 0 radical (unpaired) electrons. The van der Waals surface area contributed by atoms with E-state index in [1.165, 1.54) is 0 Å². The number of rotatable bonds is 1. The molecule has 0 saturated carbocycles. The van der Waals surface area contributed by atoms with Crippen LogP contribution in [0.25, 0.3) is 0 Å². The third-order valence-electron chi connectivity index (χ3n) is 1.24. The lowest BCUT2D eigenvalue weighted by Crippen LogP contribution is -1.99. The summed E-state index contributed by atoms with van der Waals surface area (Å²) in [5, 5.41) is 11.3. The first-order valence-electron chi connectivity index (χ1n) is 3.17. The fourth-order valence-corrected chi connectivity index (χ4v) is 1.10. The lowest BCUT2D eigenvalue weighted by atomic mass is 10.1. The van der Waals surface area contributed by atoms with Crippen molar-refractivity contribution < 1.29 is 0 Å². The molecule has 1 rings (SSSR count). The summed E-state index contributed by atoms with van der Waals surface area (Å²) in [7, 11) is 0. The Bertz CT molecular complexity index is 262. The molecule has 11 heavy (non-hydrogen) atoms. The van der Waals surface area contributed by atoms with Crippen molar-refractivity contribution in [1.82, 2.24) is 15.4 Å². The van der Waals surface area contributed by atoms with Crippen molar-refractivity contribution >= 4 is 23.2 Å². The van der Waals surface area contributed by atoms with Crippen LogP contribution >= 0.6 is 23.2 Å². The molecule has 0 saturated heterocycles. The molecular weight excluding hydrogens is 185 g/mol. The van der Waals surface area contributed by atoms with Gasteiger partial charge in [-0.15, -0.1) is 10.2 Å². The van der Waals surface area contributed by atoms with Gasteiger partial charge in [-0.2, -0.15) is 0 Å². The first kappa shape index (κ1) is 8.68. The molecule has 0 aliphatic carbocycles. The summed E-state index contributed by atoms with van der Waals surface area (Å²) in [5.41, 5.74) is 0.687. The topological polar surface area (TPSA) is 38.7 Å². The molecule has 1 aromatic rings. The van der Waals surface area contributed by atoms with E-state index in [9.17, 15) is 0 Å². The van der Waals surface area contributed by atoms with E-state index in [0.717, 1.165) is 0 Å². The highest BCUT2D eigenvalue weighted by Crippen LogP contribution is 2.25. The van der Waals surface area contributed by atoms with Gasteiger partial charge in [0, 0.05) is 0 Å². The van der Waals surface area contributed by atoms with Gasteiger partial charge in [0.2, 0.25) is 0 Å². The summed E-state index contributed by atoms with van der Waals surface area (Å²) in [6.07, 6.45) is 0. The maximum absolute atomic E-state index is 5.79. The van der Waals surface area contributed by atoms with Crippen molar-refractivity contribution in [1.29, 1.82) is 0 Å². The average molecular weight is 192 g/mol. The second kappa shape index (κ2) is 3.32. The Balaban J connectivity index is 3.17. The van der Waals surface area contributed by atoms with Crippen LogP contribution in [0.2, 0.25) is 10.2 Å². The largest absolute Gasteiger partial charge is 0.173 e. The minimum absolute atomic E-state index is 0.213. The van der Waals surface area contributed by atoms with E-state index >= 15 is 0 Å². The molecule has 0 N–H and O–H groups in total. The third-order valence-corrected chi connectivity index (χ3v) is 1.97. The van der Waals surface area contributed by atoms with Gasteiger partial charge in [0.15, 0.2) is 5.15 Å². The summed E-state index contributed by atoms with van der Waals surface area (Å²) >= 11 is 11.4. The molecule has 1 heterocycles. The Kier molecular flexibility index (Phi) is 2.62. The van der Waals surface area contributed by atoms with E-state index in [4.69, 9.17) is 23.2 Å². The summed E-state index contributed by atoms with van der Waals surface area (Å²) in [4.78, 5) is 0. The van der Waals surface area contributed by atoms with E-state index in [1.807, 2.05) is 13.8 Å². The van der Waals surface area contributed by atoms with Crippen LogP contribution in [0.3, 0.4) is 0 Å². The molecule has 0 fully saturated rings. The smallest absolute Gasteiger partial charge is 0.133 e. The molecule has 60 valence electrons. The van der Waals surface area contributed by atoms with Crippen LogP contribution in [-0.2, 0) is 0 Å². The van der Waals surface area contributed by atoms with Crippen LogP contribution in [0.1, 0.15) is 25.5 Å².